The molecule has 1 aromatic carbocycles. The average Bonchev–Trinajstić information content (AvgIpc) is 2.20. The predicted octanol–water partition coefficient (Wildman–Crippen LogP) is 2.96. The second-order valence-corrected chi connectivity index (χ2v) is 3.91. The monoisotopic (exact) mass is 284 g/mol. The van der Waals surface area contributed by atoms with E-state index in [0.717, 1.165) is 12.1 Å². The van der Waals surface area contributed by atoms with E-state index in [1.54, 1.807) is 0 Å². The summed E-state index contributed by atoms with van der Waals surface area (Å²) in [6.45, 7) is -0.621. The summed E-state index contributed by atoms with van der Waals surface area (Å²) in [5.74, 6) is -2.08. The first kappa shape index (κ1) is 14.6. The highest BCUT2D eigenvalue weighted by Gasteiger charge is 2.26. The fourth-order valence-electron chi connectivity index (χ4n) is 1.21. The highest BCUT2D eigenvalue weighted by molar-refractivity contribution is 7.80. The normalized spacial score (nSPS) is 11.4. The fourth-order valence-corrected chi connectivity index (χ4v) is 1.33. The minimum atomic E-state index is -4.39. The van der Waals surface area contributed by atoms with Crippen LogP contribution in [-0.4, -0.2) is 17.7 Å². The minimum absolute atomic E-state index is 0.0265. The summed E-state index contributed by atoms with van der Waals surface area (Å²) < 4.78 is 62.4. The molecule has 0 heterocycles. The molecule has 0 aliphatic rings. The first-order chi connectivity index (χ1) is 8.20. The smallest absolute Gasteiger partial charge is 0.389 e. The van der Waals surface area contributed by atoms with E-state index in [4.69, 9.17) is 5.73 Å². The molecule has 0 atom stereocenters. The summed E-state index contributed by atoms with van der Waals surface area (Å²) in [5.41, 5.74) is 4.54. The van der Waals surface area contributed by atoms with Gasteiger partial charge in [-0.1, -0.05) is 12.2 Å². The topological polar surface area (TPSA) is 38.0 Å². The molecule has 0 aliphatic carbocycles. The molecule has 0 fully saturated rings. The van der Waals surface area contributed by atoms with Crippen molar-refractivity contribution in [2.24, 2.45) is 5.73 Å². The number of halogens is 5. The van der Waals surface area contributed by atoms with Crippen LogP contribution in [0.2, 0.25) is 0 Å². The van der Waals surface area contributed by atoms with Crippen LogP contribution < -0.4 is 11.1 Å². The molecule has 0 unspecified atom stereocenters. The van der Waals surface area contributed by atoms with Gasteiger partial charge in [-0.15, -0.1) is 0 Å². The molecular formula is C10H9F5N2S. The maximum absolute atomic E-state index is 13.4. The van der Waals surface area contributed by atoms with Gasteiger partial charge in [0.1, 0.15) is 22.3 Å². The van der Waals surface area contributed by atoms with E-state index in [-0.39, 0.29) is 10.6 Å². The maximum atomic E-state index is 13.4. The molecule has 100 valence electrons. The molecule has 1 aromatic rings. The molecule has 0 saturated carbocycles. The van der Waals surface area contributed by atoms with Crippen molar-refractivity contribution in [3.63, 3.8) is 0 Å². The summed E-state index contributed by atoms with van der Waals surface area (Å²) >= 11 is 4.54. The van der Waals surface area contributed by atoms with Gasteiger partial charge in [0.15, 0.2) is 0 Å². The highest BCUT2D eigenvalue weighted by atomic mass is 32.1. The van der Waals surface area contributed by atoms with Gasteiger partial charge in [-0.05, 0) is 12.1 Å². The number of rotatable bonds is 4. The number of anilines is 1. The lowest BCUT2D eigenvalue weighted by molar-refractivity contribution is -0.131. The Kier molecular flexibility index (Phi) is 4.44. The van der Waals surface area contributed by atoms with Gasteiger partial charge < -0.3 is 11.1 Å². The van der Waals surface area contributed by atoms with Crippen LogP contribution in [-0.2, 0) is 0 Å². The molecule has 18 heavy (non-hydrogen) atoms. The van der Waals surface area contributed by atoms with Gasteiger partial charge in [0.25, 0.3) is 0 Å². The number of nitrogens with two attached hydrogens (primary N) is 1. The SMILES string of the molecule is NC(=S)c1cc(F)c(NCCC(F)(F)F)c(F)c1. The van der Waals surface area contributed by atoms with Crippen LogP contribution in [0.3, 0.4) is 0 Å². The van der Waals surface area contributed by atoms with Gasteiger partial charge in [-0.3, -0.25) is 0 Å². The first-order valence-corrected chi connectivity index (χ1v) is 5.21. The molecule has 0 aromatic heterocycles. The number of hydrogen-bond acceptors (Lipinski definition) is 2. The zero-order chi connectivity index (χ0) is 13.9. The van der Waals surface area contributed by atoms with Gasteiger partial charge in [-0.2, -0.15) is 13.2 Å². The zero-order valence-corrected chi connectivity index (χ0v) is 9.76. The summed E-state index contributed by atoms with van der Waals surface area (Å²) in [4.78, 5) is -0.199. The lowest BCUT2D eigenvalue weighted by Gasteiger charge is -2.11. The van der Waals surface area contributed by atoms with Crippen molar-refractivity contribution < 1.29 is 22.0 Å². The average molecular weight is 284 g/mol. The Hall–Kier alpha value is -1.44. The Bertz CT molecular complexity index is 435. The molecule has 2 nitrogen and oxygen atoms in total. The number of thiocarbonyl (C=S) groups is 1. The zero-order valence-electron chi connectivity index (χ0n) is 8.94. The van der Waals surface area contributed by atoms with Crippen molar-refractivity contribution in [3.8, 4) is 0 Å². The Morgan fingerprint density at radius 1 is 1.22 bits per heavy atom. The van der Waals surface area contributed by atoms with Crippen molar-refractivity contribution in [3.05, 3.63) is 29.3 Å². The van der Waals surface area contributed by atoms with Gasteiger partial charge in [0.2, 0.25) is 0 Å². The largest absolute Gasteiger partial charge is 0.390 e. The standard InChI is InChI=1S/C10H9F5N2S/c11-6-3-5(9(16)18)4-7(12)8(6)17-2-1-10(13,14)15/h3-4,17H,1-2H2,(H2,16,18). The van der Waals surface area contributed by atoms with Crippen LogP contribution >= 0.6 is 12.2 Å². The molecular weight excluding hydrogens is 275 g/mol. The molecule has 8 heteroatoms. The molecule has 3 N–H and O–H groups in total. The van der Waals surface area contributed by atoms with E-state index in [0.29, 0.717) is 0 Å². The molecule has 1 rings (SSSR count). The third kappa shape index (κ3) is 4.10. The first-order valence-electron chi connectivity index (χ1n) is 4.80. The summed E-state index contributed by atoms with van der Waals surface area (Å²) in [5, 5.41) is 2.05. The van der Waals surface area contributed by atoms with E-state index in [1.165, 1.54) is 0 Å². The number of benzene rings is 1. The van der Waals surface area contributed by atoms with E-state index < -0.39 is 36.5 Å². The summed E-state index contributed by atoms with van der Waals surface area (Å²) in [6, 6.07) is 1.72. The van der Waals surface area contributed by atoms with Crippen molar-refractivity contribution >= 4 is 22.9 Å². The van der Waals surface area contributed by atoms with Crippen LogP contribution in [0.25, 0.3) is 0 Å². The Balaban J connectivity index is 2.81. The predicted molar refractivity (Wildman–Crippen MR) is 61.4 cm³/mol. The van der Waals surface area contributed by atoms with Crippen LogP contribution in [0.4, 0.5) is 27.6 Å². The molecule has 0 bridgehead atoms. The lowest BCUT2D eigenvalue weighted by atomic mass is 10.2. The van der Waals surface area contributed by atoms with E-state index in [2.05, 4.69) is 12.2 Å². The number of nitrogens with one attached hydrogen (secondary N) is 1. The fraction of sp³-hybridized carbons (Fsp3) is 0.300. The molecule has 0 spiro atoms. The molecule has 0 radical (unpaired) electrons. The minimum Gasteiger partial charge on any atom is -0.389 e. The van der Waals surface area contributed by atoms with E-state index in [1.807, 2.05) is 5.32 Å². The van der Waals surface area contributed by atoms with Gasteiger partial charge in [0.05, 0.1) is 6.42 Å². The van der Waals surface area contributed by atoms with E-state index >= 15 is 0 Å². The van der Waals surface area contributed by atoms with Crippen LogP contribution in [0, 0.1) is 11.6 Å². The van der Waals surface area contributed by atoms with Crippen LogP contribution in [0.5, 0.6) is 0 Å². The third-order valence-electron chi connectivity index (χ3n) is 2.04. The van der Waals surface area contributed by atoms with Crippen molar-refractivity contribution in [2.45, 2.75) is 12.6 Å². The second-order valence-electron chi connectivity index (χ2n) is 3.47. The Morgan fingerprint density at radius 3 is 2.11 bits per heavy atom. The van der Waals surface area contributed by atoms with Crippen LogP contribution in [0.15, 0.2) is 12.1 Å². The molecule has 0 saturated heterocycles. The van der Waals surface area contributed by atoms with Crippen molar-refractivity contribution in [1.82, 2.24) is 0 Å². The van der Waals surface area contributed by atoms with Gasteiger partial charge >= 0.3 is 6.18 Å². The lowest BCUT2D eigenvalue weighted by Crippen LogP contribution is -2.16. The summed E-state index contributed by atoms with van der Waals surface area (Å²) in [7, 11) is 0. The van der Waals surface area contributed by atoms with Crippen molar-refractivity contribution in [1.29, 1.82) is 0 Å². The van der Waals surface area contributed by atoms with Crippen molar-refractivity contribution in [2.75, 3.05) is 11.9 Å². The van der Waals surface area contributed by atoms with Gasteiger partial charge in [0, 0.05) is 12.1 Å². The van der Waals surface area contributed by atoms with E-state index in [9.17, 15) is 22.0 Å². The number of alkyl halides is 3. The third-order valence-corrected chi connectivity index (χ3v) is 2.27. The van der Waals surface area contributed by atoms with Gasteiger partial charge in [-0.25, -0.2) is 8.78 Å². The van der Waals surface area contributed by atoms with Crippen LogP contribution in [0.1, 0.15) is 12.0 Å². The molecule has 0 amide bonds. The highest BCUT2D eigenvalue weighted by Crippen LogP contribution is 2.23. The Labute approximate surface area is 105 Å². The maximum Gasteiger partial charge on any atom is 0.390 e. The Morgan fingerprint density at radius 2 is 1.72 bits per heavy atom. The quantitative estimate of drug-likeness (QED) is 0.659. The molecule has 0 aliphatic heterocycles. The number of hydrogen-bond donors (Lipinski definition) is 2. The summed E-state index contributed by atoms with van der Waals surface area (Å²) in [6.07, 6.45) is -5.58. The second kappa shape index (κ2) is 5.47.